The van der Waals surface area contributed by atoms with Gasteiger partial charge in [-0.15, -0.1) is 0 Å². The molecule has 0 aromatic heterocycles. The van der Waals surface area contributed by atoms with Crippen LogP contribution in [0.1, 0.15) is 66.7 Å². The molecule has 0 radical (unpaired) electrons. The number of rotatable bonds is 6. The van der Waals surface area contributed by atoms with E-state index in [9.17, 15) is 0 Å². The largest absolute Gasteiger partial charge is 0.315 e. The van der Waals surface area contributed by atoms with Crippen molar-refractivity contribution in [3.05, 3.63) is 0 Å². The van der Waals surface area contributed by atoms with Crippen molar-refractivity contribution in [1.82, 2.24) is 10.6 Å². The smallest absolute Gasteiger partial charge is 0.00989 e. The lowest BCUT2D eigenvalue weighted by Gasteiger charge is -2.62. The molecule has 138 valence electrons. The molecule has 6 aliphatic rings. The molecule has 7 atom stereocenters. The van der Waals surface area contributed by atoms with Crippen molar-refractivity contribution in [3.63, 3.8) is 0 Å². The van der Waals surface area contributed by atoms with Gasteiger partial charge in [0.25, 0.3) is 0 Å². The van der Waals surface area contributed by atoms with E-state index in [1.807, 2.05) is 0 Å². The highest BCUT2D eigenvalue weighted by Gasteiger charge is 2.56. The van der Waals surface area contributed by atoms with Gasteiger partial charge >= 0.3 is 0 Å². The molecular weight excluding hydrogens is 292 g/mol. The molecule has 2 N–H and O–H groups in total. The second kappa shape index (κ2) is 5.98. The van der Waals surface area contributed by atoms with Gasteiger partial charge in [-0.1, -0.05) is 34.6 Å². The highest BCUT2D eigenvalue weighted by molar-refractivity contribution is 5.07. The van der Waals surface area contributed by atoms with Crippen molar-refractivity contribution in [2.75, 3.05) is 19.6 Å². The number of hydrogen-bond donors (Lipinski definition) is 2. The average Bonchev–Trinajstić information content (AvgIpc) is 2.55. The van der Waals surface area contributed by atoms with Crippen LogP contribution < -0.4 is 10.6 Å². The number of hydrogen-bond acceptors (Lipinski definition) is 2. The molecule has 0 saturated heterocycles. The zero-order chi connectivity index (χ0) is 17.1. The Bertz CT molecular complexity index is 467. The summed E-state index contributed by atoms with van der Waals surface area (Å²) < 4.78 is 0. The predicted octanol–water partition coefficient (Wildman–Crippen LogP) is 4.31. The van der Waals surface area contributed by atoms with Crippen LogP contribution in [0, 0.1) is 46.3 Å². The molecule has 6 fully saturated rings. The highest BCUT2D eigenvalue weighted by Crippen LogP contribution is 2.62. The van der Waals surface area contributed by atoms with Gasteiger partial charge in [0.05, 0.1) is 0 Å². The molecule has 0 aromatic rings. The molecule has 0 amide bonds. The third kappa shape index (κ3) is 2.58. The van der Waals surface area contributed by atoms with E-state index >= 15 is 0 Å². The van der Waals surface area contributed by atoms with Gasteiger partial charge in [-0.25, -0.2) is 0 Å². The molecular formula is C22H40N2. The van der Waals surface area contributed by atoms with Gasteiger partial charge in [0.15, 0.2) is 0 Å². The van der Waals surface area contributed by atoms with Crippen molar-refractivity contribution in [2.24, 2.45) is 46.3 Å². The van der Waals surface area contributed by atoms with Crippen LogP contribution in [-0.4, -0.2) is 25.7 Å². The van der Waals surface area contributed by atoms with E-state index < -0.39 is 0 Å². The van der Waals surface area contributed by atoms with Crippen LogP contribution in [0.25, 0.3) is 0 Å². The molecule has 24 heavy (non-hydrogen) atoms. The Balaban J connectivity index is 1.15. The molecule has 1 unspecified atom stereocenters. The van der Waals surface area contributed by atoms with Crippen LogP contribution in [-0.2, 0) is 0 Å². The quantitative estimate of drug-likeness (QED) is 0.708. The number of nitrogens with one attached hydrogen (secondary N) is 2. The Morgan fingerprint density at radius 2 is 1.54 bits per heavy atom. The molecule has 6 aliphatic carbocycles. The maximum atomic E-state index is 3.88. The lowest BCUT2D eigenvalue weighted by Crippen LogP contribution is -2.60. The first-order chi connectivity index (χ1) is 11.3. The average molecular weight is 333 g/mol. The number of fused-ring (bicyclic) bond motifs is 4. The molecule has 6 rings (SSSR count). The van der Waals surface area contributed by atoms with Crippen molar-refractivity contribution in [2.45, 2.75) is 72.8 Å². The van der Waals surface area contributed by atoms with Crippen molar-refractivity contribution in [3.8, 4) is 0 Å². The van der Waals surface area contributed by atoms with Crippen LogP contribution >= 0.6 is 0 Å². The molecule has 0 heterocycles. The highest BCUT2D eigenvalue weighted by atomic mass is 15.0. The van der Waals surface area contributed by atoms with E-state index in [4.69, 9.17) is 0 Å². The SMILES string of the molecule is C[C@@H]1[C@@H](NCCNC[C@@H]2CC[C@H]3CC2C3(C)C)C[C@H]2C[C@@H]1C2(C)C. The summed E-state index contributed by atoms with van der Waals surface area (Å²) in [6.07, 6.45) is 7.36. The van der Waals surface area contributed by atoms with Gasteiger partial charge in [0.1, 0.15) is 0 Å². The predicted molar refractivity (Wildman–Crippen MR) is 102 cm³/mol. The Morgan fingerprint density at radius 1 is 0.833 bits per heavy atom. The van der Waals surface area contributed by atoms with Crippen LogP contribution in [0.5, 0.6) is 0 Å². The first-order valence-corrected chi connectivity index (χ1v) is 10.8. The van der Waals surface area contributed by atoms with E-state index in [1.165, 1.54) is 38.6 Å². The molecule has 6 saturated carbocycles. The molecule has 0 aliphatic heterocycles. The van der Waals surface area contributed by atoms with E-state index in [0.29, 0.717) is 10.8 Å². The lowest BCUT2D eigenvalue weighted by atomic mass is 9.45. The third-order valence-electron chi connectivity index (χ3n) is 9.47. The molecule has 2 heteroatoms. The Morgan fingerprint density at radius 3 is 2.17 bits per heavy atom. The fourth-order valence-electron chi connectivity index (χ4n) is 7.26. The summed E-state index contributed by atoms with van der Waals surface area (Å²) in [4.78, 5) is 0. The zero-order valence-corrected chi connectivity index (χ0v) is 16.7. The fraction of sp³-hybridized carbons (Fsp3) is 1.00. The fourth-order valence-corrected chi connectivity index (χ4v) is 7.26. The standard InChI is InChI=1S/C22H40N2/c1-14-18-11-17(22(18,4)5)12-20(14)24-9-8-23-13-15-6-7-16-10-19(15)21(16,2)3/h14-20,23-24H,6-13H2,1-5H3/t14-,15-,16-,17+,18-,19?,20-/m0/s1. The first-order valence-electron chi connectivity index (χ1n) is 10.8. The van der Waals surface area contributed by atoms with Crippen molar-refractivity contribution < 1.29 is 0 Å². The van der Waals surface area contributed by atoms with E-state index in [0.717, 1.165) is 54.6 Å². The summed E-state index contributed by atoms with van der Waals surface area (Å²) in [7, 11) is 0. The summed E-state index contributed by atoms with van der Waals surface area (Å²) in [5.74, 6) is 5.74. The lowest BCUT2D eigenvalue weighted by molar-refractivity contribution is -0.115. The third-order valence-corrected chi connectivity index (χ3v) is 9.47. The second-order valence-electron chi connectivity index (χ2n) is 10.9. The van der Waals surface area contributed by atoms with Crippen LogP contribution in [0.2, 0.25) is 0 Å². The van der Waals surface area contributed by atoms with Crippen LogP contribution in [0.4, 0.5) is 0 Å². The summed E-state index contributed by atoms with van der Waals surface area (Å²) in [5.41, 5.74) is 1.25. The molecule has 4 bridgehead atoms. The van der Waals surface area contributed by atoms with Gasteiger partial charge < -0.3 is 10.6 Å². The minimum Gasteiger partial charge on any atom is -0.315 e. The summed E-state index contributed by atoms with van der Waals surface area (Å²) in [5, 5.41) is 7.66. The van der Waals surface area contributed by atoms with Crippen LogP contribution in [0.3, 0.4) is 0 Å². The molecule has 0 spiro atoms. The van der Waals surface area contributed by atoms with E-state index in [-0.39, 0.29) is 0 Å². The van der Waals surface area contributed by atoms with Gasteiger partial charge in [-0.05, 0) is 85.0 Å². The van der Waals surface area contributed by atoms with E-state index in [1.54, 1.807) is 0 Å². The second-order valence-corrected chi connectivity index (χ2v) is 10.9. The maximum absolute atomic E-state index is 3.88. The summed E-state index contributed by atoms with van der Waals surface area (Å²) in [6.45, 7) is 16.1. The van der Waals surface area contributed by atoms with Crippen molar-refractivity contribution >= 4 is 0 Å². The van der Waals surface area contributed by atoms with Crippen molar-refractivity contribution in [1.29, 1.82) is 0 Å². The Kier molecular flexibility index (Phi) is 4.32. The molecule has 0 aromatic carbocycles. The molecule has 2 nitrogen and oxygen atoms in total. The van der Waals surface area contributed by atoms with Gasteiger partial charge in [0.2, 0.25) is 0 Å². The minimum absolute atomic E-state index is 0.615. The maximum Gasteiger partial charge on any atom is 0.00989 e. The summed E-state index contributed by atoms with van der Waals surface area (Å²) in [6, 6.07) is 0.768. The van der Waals surface area contributed by atoms with Gasteiger partial charge in [-0.3, -0.25) is 0 Å². The Labute approximate surface area is 149 Å². The van der Waals surface area contributed by atoms with Gasteiger partial charge in [-0.2, -0.15) is 0 Å². The van der Waals surface area contributed by atoms with Gasteiger partial charge in [0, 0.05) is 19.1 Å². The van der Waals surface area contributed by atoms with E-state index in [2.05, 4.69) is 45.3 Å². The topological polar surface area (TPSA) is 24.1 Å². The zero-order valence-electron chi connectivity index (χ0n) is 16.7. The minimum atomic E-state index is 0.615. The first kappa shape index (κ1) is 17.3. The summed E-state index contributed by atoms with van der Waals surface area (Å²) >= 11 is 0. The van der Waals surface area contributed by atoms with Crippen LogP contribution in [0.15, 0.2) is 0 Å². The normalized spacial score (nSPS) is 47.6. The Hall–Kier alpha value is -0.0800. The monoisotopic (exact) mass is 332 g/mol.